The first kappa shape index (κ1) is 31.3. The Hall–Kier alpha value is -2.23. The highest BCUT2D eigenvalue weighted by Gasteiger charge is 2.47. The molecule has 0 radical (unpaired) electrons. The fourth-order valence-corrected chi connectivity index (χ4v) is 11.5. The van der Waals surface area contributed by atoms with Crippen LogP contribution in [0.2, 0.25) is 16.6 Å². The van der Waals surface area contributed by atoms with Crippen molar-refractivity contribution in [2.24, 2.45) is 0 Å². The van der Waals surface area contributed by atoms with E-state index in [1.807, 2.05) is 4.90 Å². The maximum absolute atomic E-state index is 15.3. The number of benzene rings is 2. The van der Waals surface area contributed by atoms with E-state index in [1.165, 1.54) is 18.2 Å². The van der Waals surface area contributed by atoms with Gasteiger partial charge in [-0.3, -0.25) is 9.69 Å². The maximum Gasteiger partial charge on any atom is 0.416 e. The summed E-state index contributed by atoms with van der Waals surface area (Å²) >= 11 is 0. The normalized spacial score (nSPS) is 17.6. The van der Waals surface area contributed by atoms with E-state index in [0.29, 0.717) is 18.7 Å². The Labute approximate surface area is 230 Å². The van der Waals surface area contributed by atoms with Crippen molar-refractivity contribution < 1.29 is 31.9 Å². The van der Waals surface area contributed by atoms with Gasteiger partial charge in [0.05, 0.1) is 17.2 Å². The summed E-state index contributed by atoms with van der Waals surface area (Å²) in [6, 6.07) is 8.45. The van der Waals surface area contributed by atoms with Gasteiger partial charge in [-0.15, -0.1) is 0 Å². The van der Waals surface area contributed by atoms with E-state index in [4.69, 9.17) is 4.43 Å². The van der Waals surface area contributed by atoms with E-state index in [9.17, 15) is 23.1 Å². The number of piperidine rings is 1. The van der Waals surface area contributed by atoms with Crippen molar-refractivity contribution >= 4 is 14.1 Å². The lowest BCUT2D eigenvalue weighted by Crippen LogP contribution is -2.50. The molecular weight excluding hydrogens is 526 g/mol. The van der Waals surface area contributed by atoms with Crippen molar-refractivity contribution in [3.63, 3.8) is 0 Å². The Kier molecular flexibility index (Phi) is 9.40. The van der Waals surface area contributed by atoms with Gasteiger partial charge in [0.1, 0.15) is 5.75 Å². The zero-order chi connectivity index (χ0) is 29.3. The molecule has 1 fully saturated rings. The molecule has 1 saturated heterocycles. The third-order valence-electron chi connectivity index (χ3n) is 8.51. The Bertz CT molecular complexity index is 1120. The number of likely N-dealkylation sites (tertiary alicyclic amines) is 1. The number of nitrogens with zero attached hydrogens (tertiary/aromatic N) is 1. The van der Waals surface area contributed by atoms with Crippen LogP contribution in [-0.2, 0) is 11.8 Å². The average molecular weight is 568 g/mol. The second kappa shape index (κ2) is 11.7. The van der Waals surface area contributed by atoms with Crippen LogP contribution in [0.3, 0.4) is 0 Å². The molecular formula is C30H41F4NO3Si. The third kappa shape index (κ3) is 6.41. The van der Waals surface area contributed by atoms with Crippen LogP contribution < -0.4 is 4.43 Å². The molecule has 0 aromatic heterocycles. The first-order chi connectivity index (χ1) is 18.0. The van der Waals surface area contributed by atoms with E-state index in [0.717, 1.165) is 12.1 Å². The van der Waals surface area contributed by atoms with Crippen molar-refractivity contribution in [1.82, 2.24) is 4.90 Å². The van der Waals surface area contributed by atoms with Crippen molar-refractivity contribution in [1.29, 1.82) is 0 Å². The second-order valence-corrected chi connectivity index (χ2v) is 17.1. The van der Waals surface area contributed by atoms with Crippen LogP contribution >= 0.6 is 0 Å². The third-order valence-corrected chi connectivity index (χ3v) is 14.5. The monoisotopic (exact) mass is 567 g/mol. The molecule has 1 atom stereocenters. The number of hydrogen-bond donors (Lipinski definition) is 1. The highest BCUT2D eigenvalue weighted by Crippen LogP contribution is 2.43. The molecule has 1 heterocycles. The average Bonchev–Trinajstić information content (AvgIpc) is 2.86. The zero-order valence-electron chi connectivity index (χ0n) is 23.9. The van der Waals surface area contributed by atoms with Crippen LogP contribution in [0.4, 0.5) is 17.6 Å². The highest BCUT2D eigenvalue weighted by molar-refractivity contribution is 6.78. The standard InChI is InChI=1S/C30H41F4NO3Si/c1-19(2)39(20(3)4,21(5)6)38-27-13-8-23(18-26(27)31)28(36)22(7)35-16-14-29(37,15-17-35)24-9-11-25(12-10-24)30(32,33)34/h8-13,18-22,37H,14-17H2,1-7H3. The molecule has 1 aliphatic rings. The van der Waals surface area contributed by atoms with Gasteiger partial charge in [-0.25, -0.2) is 4.39 Å². The molecule has 3 rings (SSSR count). The largest absolute Gasteiger partial charge is 0.541 e. The number of ketones is 1. The fraction of sp³-hybridized carbons (Fsp3) is 0.567. The van der Waals surface area contributed by atoms with Gasteiger partial charge in [0, 0.05) is 18.7 Å². The van der Waals surface area contributed by atoms with E-state index in [2.05, 4.69) is 41.5 Å². The van der Waals surface area contributed by atoms with Gasteiger partial charge in [-0.2, -0.15) is 13.2 Å². The first-order valence-corrected chi connectivity index (χ1v) is 15.8. The van der Waals surface area contributed by atoms with Gasteiger partial charge in [0.25, 0.3) is 8.32 Å². The Morgan fingerprint density at radius 2 is 1.44 bits per heavy atom. The summed E-state index contributed by atoms with van der Waals surface area (Å²) in [6.45, 7) is 15.3. The smallest absolute Gasteiger partial charge is 0.416 e. The van der Waals surface area contributed by atoms with Crippen molar-refractivity contribution in [2.75, 3.05) is 13.1 Å². The number of hydrogen-bond acceptors (Lipinski definition) is 4. The van der Waals surface area contributed by atoms with Crippen molar-refractivity contribution in [3.05, 3.63) is 65.0 Å². The lowest BCUT2D eigenvalue weighted by molar-refractivity contribution is -0.137. The summed E-state index contributed by atoms with van der Waals surface area (Å²) in [5.41, 5.74) is -0.525. The molecule has 0 bridgehead atoms. The summed E-state index contributed by atoms with van der Waals surface area (Å²) in [6.07, 6.45) is -3.90. The zero-order valence-corrected chi connectivity index (χ0v) is 24.9. The van der Waals surface area contributed by atoms with Gasteiger partial charge < -0.3 is 9.53 Å². The summed E-state index contributed by atoms with van der Waals surface area (Å²) in [5.74, 6) is -0.607. The summed E-state index contributed by atoms with van der Waals surface area (Å²) < 4.78 is 60.4. The van der Waals surface area contributed by atoms with E-state index in [-0.39, 0.29) is 46.6 Å². The second-order valence-electron chi connectivity index (χ2n) is 11.7. The SMILES string of the molecule is CC(C(=O)c1ccc(O[Si](C(C)C)(C(C)C)C(C)C)c(F)c1)N1CCC(O)(c2ccc(C(F)(F)F)cc2)CC1. The van der Waals surface area contributed by atoms with Crippen LogP contribution in [0.1, 0.15) is 82.8 Å². The van der Waals surface area contributed by atoms with Crippen LogP contribution in [0.25, 0.3) is 0 Å². The summed E-state index contributed by atoms with van der Waals surface area (Å²) in [5, 5.41) is 11.1. The predicted octanol–water partition coefficient (Wildman–Crippen LogP) is 7.95. The van der Waals surface area contributed by atoms with Gasteiger partial charge in [0.15, 0.2) is 11.6 Å². The predicted molar refractivity (Wildman–Crippen MR) is 148 cm³/mol. The fourth-order valence-electron chi connectivity index (χ4n) is 6.23. The quantitative estimate of drug-likeness (QED) is 0.190. The van der Waals surface area contributed by atoms with Gasteiger partial charge in [-0.1, -0.05) is 53.7 Å². The van der Waals surface area contributed by atoms with E-state index in [1.54, 1.807) is 19.1 Å². The Balaban J connectivity index is 1.70. The Morgan fingerprint density at radius 1 is 0.923 bits per heavy atom. The molecule has 39 heavy (non-hydrogen) atoms. The van der Waals surface area contributed by atoms with Crippen molar-refractivity contribution in [2.45, 2.75) is 95.8 Å². The van der Waals surface area contributed by atoms with E-state index >= 15 is 4.39 Å². The van der Waals surface area contributed by atoms with Crippen LogP contribution in [0, 0.1) is 5.82 Å². The molecule has 1 aliphatic heterocycles. The number of carbonyl (C=O) groups is 1. The van der Waals surface area contributed by atoms with Gasteiger partial charge in [0.2, 0.25) is 0 Å². The maximum atomic E-state index is 15.3. The number of rotatable bonds is 9. The lowest BCUT2D eigenvalue weighted by Gasteiger charge is -2.42. The molecule has 1 unspecified atom stereocenters. The van der Waals surface area contributed by atoms with Crippen molar-refractivity contribution in [3.8, 4) is 5.75 Å². The number of carbonyl (C=O) groups excluding carboxylic acids is 1. The molecule has 1 N–H and O–H groups in total. The lowest BCUT2D eigenvalue weighted by atomic mass is 9.83. The minimum Gasteiger partial charge on any atom is -0.541 e. The van der Waals surface area contributed by atoms with Gasteiger partial charge >= 0.3 is 6.18 Å². The molecule has 2 aromatic carbocycles. The molecule has 216 valence electrons. The topological polar surface area (TPSA) is 49.8 Å². The molecule has 4 nitrogen and oxygen atoms in total. The van der Waals surface area contributed by atoms with Crippen LogP contribution in [0.15, 0.2) is 42.5 Å². The minimum absolute atomic E-state index is 0.182. The Morgan fingerprint density at radius 3 is 1.87 bits per heavy atom. The van der Waals surface area contributed by atoms with Crippen LogP contribution in [0.5, 0.6) is 5.75 Å². The summed E-state index contributed by atoms with van der Waals surface area (Å²) in [7, 11) is -2.36. The minimum atomic E-state index is -4.44. The number of Topliss-reactive ketones (excluding diaryl/α,β-unsaturated/α-hetero) is 1. The van der Waals surface area contributed by atoms with E-state index < -0.39 is 37.5 Å². The molecule has 0 saturated carbocycles. The molecule has 0 spiro atoms. The number of alkyl halides is 3. The number of halogens is 4. The first-order valence-electron chi connectivity index (χ1n) is 13.7. The molecule has 0 aliphatic carbocycles. The number of aliphatic hydroxyl groups is 1. The molecule has 9 heteroatoms. The van der Waals surface area contributed by atoms with Gasteiger partial charge in [-0.05, 0) is 72.3 Å². The van der Waals surface area contributed by atoms with Crippen LogP contribution in [-0.4, -0.2) is 43.2 Å². The molecule has 2 aromatic rings. The summed E-state index contributed by atoms with van der Waals surface area (Å²) in [4.78, 5) is 15.2. The highest BCUT2D eigenvalue weighted by atomic mass is 28.4. The molecule has 0 amide bonds.